The number of hydrogen-bond acceptors (Lipinski definition) is 3. The zero-order valence-corrected chi connectivity index (χ0v) is 16.5. The van der Waals surface area contributed by atoms with E-state index in [1.54, 1.807) is 12.1 Å². The number of amides is 1. The van der Waals surface area contributed by atoms with Crippen molar-refractivity contribution in [3.05, 3.63) is 65.2 Å². The van der Waals surface area contributed by atoms with Gasteiger partial charge in [0.15, 0.2) is 0 Å². The van der Waals surface area contributed by atoms with Gasteiger partial charge in [0.25, 0.3) is 0 Å². The van der Waals surface area contributed by atoms with Gasteiger partial charge in [-0.15, -0.1) is 0 Å². The van der Waals surface area contributed by atoms with Gasteiger partial charge >= 0.3 is 0 Å². The highest BCUT2D eigenvalue weighted by Crippen LogP contribution is 2.21. The first-order valence-electron chi connectivity index (χ1n) is 8.34. The molecule has 0 bridgehead atoms. The first kappa shape index (κ1) is 20.4. The second-order valence-corrected chi connectivity index (χ2v) is 8.59. The third-order valence-electron chi connectivity index (χ3n) is 3.95. The molecule has 0 saturated heterocycles. The highest BCUT2D eigenvalue weighted by atomic mass is 35.5. The monoisotopic (exact) mass is 394 g/mol. The SMILES string of the molecule is CC(C)[C@H](NC(=O)[C@H](C)NS(=O)(=O)c1cccc(Cl)c1)c1ccccc1. The summed E-state index contributed by atoms with van der Waals surface area (Å²) in [5.74, 6) is -0.240. The molecule has 2 rings (SSSR count). The molecule has 7 heteroatoms. The van der Waals surface area contributed by atoms with Crippen LogP contribution in [0.3, 0.4) is 0 Å². The Hall–Kier alpha value is -1.89. The van der Waals surface area contributed by atoms with Crippen LogP contribution >= 0.6 is 11.6 Å². The number of hydrogen-bond donors (Lipinski definition) is 2. The van der Waals surface area contributed by atoms with Gasteiger partial charge < -0.3 is 5.32 Å². The largest absolute Gasteiger partial charge is 0.348 e. The van der Waals surface area contributed by atoms with Crippen LogP contribution in [0.5, 0.6) is 0 Å². The maximum absolute atomic E-state index is 12.5. The summed E-state index contributed by atoms with van der Waals surface area (Å²) in [7, 11) is -3.84. The smallest absolute Gasteiger partial charge is 0.241 e. The first-order chi connectivity index (χ1) is 12.2. The van der Waals surface area contributed by atoms with Crippen molar-refractivity contribution in [1.29, 1.82) is 0 Å². The highest BCUT2D eigenvalue weighted by Gasteiger charge is 2.25. The van der Waals surface area contributed by atoms with E-state index in [4.69, 9.17) is 11.6 Å². The summed E-state index contributed by atoms with van der Waals surface area (Å²) in [6.07, 6.45) is 0. The van der Waals surface area contributed by atoms with Gasteiger partial charge in [0.1, 0.15) is 0 Å². The first-order valence-corrected chi connectivity index (χ1v) is 10.2. The van der Waals surface area contributed by atoms with Crippen LogP contribution in [0.15, 0.2) is 59.5 Å². The number of carbonyl (C=O) groups is 1. The minimum absolute atomic E-state index is 0.0214. The minimum Gasteiger partial charge on any atom is -0.348 e. The van der Waals surface area contributed by atoms with E-state index < -0.39 is 22.0 Å². The van der Waals surface area contributed by atoms with Crippen LogP contribution in [0.1, 0.15) is 32.4 Å². The lowest BCUT2D eigenvalue weighted by Gasteiger charge is -2.25. The molecule has 2 N–H and O–H groups in total. The van der Waals surface area contributed by atoms with E-state index in [0.717, 1.165) is 5.56 Å². The van der Waals surface area contributed by atoms with Crippen LogP contribution in [0, 0.1) is 5.92 Å². The van der Waals surface area contributed by atoms with E-state index >= 15 is 0 Å². The number of carbonyl (C=O) groups excluding carboxylic acids is 1. The lowest BCUT2D eigenvalue weighted by Crippen LogP contribution is -2.46. The van der Waals surface area contributed by atoms with E-state index in [1.807, 2.05) is 44.2 Å². The Morgan fingerprint density at radius 1 is 1.00 bits per heavy atom. The Labute approximate surface area is 159 Å². The molecule has 0 spiro atoms. The van der Waals surface area contributed by atoms with E-state index in [0.29, 0.717) is 5.02 Å². The van der Waals surface area contributed by atoms with Gasteiger partial charge in [-0.25, -0.2) is 8.42 Å². The summed E-state index contributed by atoms with van der Waals surface area (Å²) in [5.41, 5.74) is 0.973. The number of nitrogens with one attached hydrogen (secondary N) is 2. The molecule has 0 saturated carbocycles. The third kappa shape index (κ3) is 5.30. The fourth-order valence-electron chi connectivity index (χ4n) is 2.56. The Balaban J connectivity index is 2.11. The van der Waals surface area contributed by atoms with Crippen molar-refractivity contribution in [2.45, 2.75) is 37.8 Å². The molecule has 2 aromatic carbocycles. The number of sulfonamides is 1. The maximum atomic E-state index is 12.5. The quantitative estimate of drug-likeness (QED) is 0.754. The van der Waals surface area contributed by atoms with Crippen molar-refractivity contribution < 1.29 is 13.2 Å². The summed E-state index contributed by atoms with van der Waals surface area (Å²) in [4.78, 5) is 12.6. The van der Waals surface area contributed by atoms with Crippen LogP contribution in [0.2, 0.25) is 5.02 Å². The number of halogens is 1. The summed E-state index contributed by atoms with van der Waals surface area (Å²) in [5, 5.41) is 3.24. The molecule has 5 nitrogen and oxygen atoms in total. The molecule has 140 valence electrons. The van der Waals surface area contributed by atoms with Crippen molar-refractivity contribution in [3.8, 4) is 0 Å². The number of rotatable bonds is 7. The summed E-state index contributed by atoms with van der Waals surface area (Å²) in [6, 6.07) is 14.4. The average molecular weight is 395 g/mol. The van der Waals surface area contributed by atoms with Gasteiger partial charge in [0.05, 0.1) is 17.0 Å². The topological polar surface area (TPSA) is 75.3 Å². The standard InChI is InChI=1S/C19H23ClN2O3S/c1-13(2)18(15-8-5-4-6-9-15)21-19(23)14(3)22-26(24,25)17-11-7-10-16(20)12-17/h4-14,18,22H,1-3H3,(H,21,23)/t14-,18-/m0/s1. The molecule has 2 aromatic rings. The predicted octanol–water partition coefficient (Wildman–Crippen LogP) is 3.52. The zero-order chi connectivity index (χ0) is 19.3. The van der Waals surface area contributed by atoms with E-state index in [1.165, 1.54) is 19.1 Å². The molecule has 0 aliphatic carbocycles. The minimum atomic E-state index is -3.84. The second kappa shape index (κ2) is 8.66. The Kier molecular flexibility index (Phi) is 6.81. The summed E-state index contributed by atoms with van der Waals surface area (Å²) in [6.45, 7) is 5.51. The molecule has 0 fully saturated rings. The molecule has 26 heavy (non-hydrogen) atoms. The van der Waals surface area contributed by atoms with Crippen LogP contribution in [0.4, 0.5) is 0 Å². The van der Waals surface area contributed by atoms with Crippen LogP contribution in [-0.4, -0.2) is 20.4 Å². The lowest BCUT2D eigenvalue weighted by atomic mass is 9.96. The van der Waals surface area contributed by atoms with E-state index in [2.05, 4.69) is 10.0 Å². The number of benzene rings is 2. The molecule has 2 atom stereocenters. The fraction of sp³-hybridized carbons (Fsp3) is 0.316. The summed E-state index contributed by atoms with van der Waals surface area (Å²) >= 11 is 5.85. The molecule has 0 radical (unpaired) electrons. The molecule has 0 heterocycles. The van der Waals surface area contributed by atoms with Crippen LogP contribution in [0.25, 0.3) is 0 Å². The van der Waals surface area contributed by atoms with E-state index in [9.17, 15) is 13.2 Å². The zero-order valence-electron chi connectivity index (χ0n) is 14.9. The van der Waals surface area contributed by atoms with Gasteiger partial charge in [-0.3, -0.25) is 4.79 Å². The van der Waals surface area contributed by atoms with Gasteiger partial charge in [0.2, 0.25) is 15.9 Å². The van der Waals surface area contributed by atoms with Gasteiger partial charge in [-0.05, 0) is 36.6 Å². The molecular weight excluding hydrogens is 372 g/mol. The predicted molar refractivity (Wildman–Crippen MR) is 103 cm³/mol. The van der Waals surface area contributed by atoms with Crippen molar-refractivity contribution in [2.24, 2.45) is 5.92 Å². The molecule has 1 amide bonds. The van der Waals surface area contributed by atoms with Crippen molar-refractivity contribution in [1.82, 2.24) is 10.0 Å². The summed E-state index contributed by atoms with van der Waals surface area (Å²) < 4.78 is 27.3. The van der Waals surface area contributed by atoms with Crippen molar-refractivity contribution >= 4 is 27.5 Å². The molecule has 0 aliphatic rings. The second-order valence-electron chi connectivity index (χ2n) is 6.44. The van der Waals surface area contributed by atoms with Crippen molar-refractivity contribution in [2.75, 3.05) is 0 Å². The highest BCUT2D eigenvalue weighted by molar-refractivity contribution is 7.89. The third-order valence-corrected chi connectivity index (χ3v) is 5.73. The molecule has 0 aromatic heterocycles. The molecule has 0 aliphatic heterocycles. The van der Waals surface area contributed by atoms with E-state index in [-0.39, 0.29) is 16.9 Å². The average Bonchev–Trinajstić information content (AvgIpc) is 2.59. The van der Waals surface area contributed by atoms with Crippen LogP contribution in [-0.2, 0) is 14.8 Å². The Morgan fingerprint density at radius 3 is 2.23 bits per heavy atom. The maximum Gasteiger partial charge on any atom is 0.241 e. The Morgan fingerprint density at radius 2 is 1.65 bits per heavy atom. The van der Waals surface area contributed by atoms with Gasteiger partial charge in [0, 0.05) is 5.02 Å². The van der Waals surface area contributed by atoms with Crippen LogP contribution < -0.4 is 10.0 Å². The normalized spacial score (nSPS) is 14.0. The molecular formula is C19H23ClN2O3S. The van der Waals surface area contributed by atoms with Crippen molar-refractivity contribution in [3.63, 3.8) is 0 Å². The van der Waals surface area contributed by atoms with Gasteiger partial charge in [-0.2, -0.15) is 4.72 Å². The molecule has 0 unspecified atom stereocenters. The van der Waals surface area contributed by atoms with Gasteiger partial charge in [-0.1, -0.05) is 61.8 Å². The Bertz CT molecular complexity index is 854. The fourth-order valence-corrected chi connectivity index (χ4v) is 4.07. The lowest BCUT2D eigenvalue weighted by molar-refractivity contribution is -0.123.